The second kappa shape index (κ2) is 5.29. The summed E-state index contributed by atoms with van der Waals surface area (Å²) in [6.07, 6.45) is -1.51. The summed E-state index contributed by atoms with van der Waals surface area (Å²) in [5, 5.41) is 29.4. The Morgan fingerprint density at radius 1 is 1.15 bits per heavy atom. The van der Waals surface area contributed by atoms with E-state index in [0.29, 0.717) is 5.56 Å². The van der Waals surface area contributed by atoms with E-state index >= 15 is 0 Å². The summed E-state index contributed by atoms with van der Waals surface area (Å²) in [4.78, 5) is 0.927. The Morgan fingerprint density at radius 3 is 2.60 bits per heavy atom. The van der Waals surface area contributed by atoms with Gasteiger partial charge in [-0.3, -0.25) is 0 Å². The Balaban J connectivity index is 1.90. The maximum absolute atomic E-state index is 10.4. The second-order valence-corrected chi connectivity index (χ2v) is 5.97. The van der Waals surface area contributed by atoms with Gasteiger partial charge in [0.2, 0.25) is 0 Å². The third-order valence-corrected chi connectivity index (χ3v) is 4.90. The number of aliphatic hydroxyl groups excluding tert-OH is 2. The summed E-state index contributed by atoms with van der Waals surface area (Å²) < 4.78 is 0. The summed E-state index contributed by atoms with van der Waals surface area (Å²) >= 11 is 1.46. The van der Waals surface area contributed by atoms with Crippen molar-refractivity contribution in [3.63, 3.8) is 0 Å². The largest absolute Gasteiger partial charge is 0.387 e. The number of thioether (sulfide) groups is 1. The highest BCUT2D eigenvalue weighted by atomic mass is 32.2. The Hall–Kier alpha value is -1.80. The molecule has 0 amide bonds. The van der Waals surface area contributed by atoms with Gasteiger partial charge in [0.05, 0.1) is 29.1 Å². The van der Waals surface area contributed by atoms with Gasteiger partial charge in [0.15, 0.2) is 0 Å². The number of rotatable bonds is 2. The van der Waals surface area contributed by atoms with E-state index in [1.165, 1.54) is 11.8 Å². The standard InChI is InChI=1S/C16H13NO2S/c17-9-10-6-7-13-12(8-10)15(19)16(20-13)14(18)11-4-2-1-3-5-11/h1-8,14-16,18-19H. The fourth-order valence-corrected chi connectivity index (χ4v) is 3.74. The van der Waals surface area contributed by atoms with Gasteiger partial charge in [0, 0.05) is 4.90 Å². The molecule has 0 bridgehead atoms. The van der Waals surface area contributed by atoms with Crippen molar-refractivity contribution >= 4 is 11.8 Å². The highest BCUT2D eigenvalue weighted by molar-refractivity contribution is 8.00. The van der Waals surface area contributed by atoms with Gasteiger partial charge >= 0.3 is 0 Å². The monoisotopic (exact) mass is 283 g/mol. The van der Waals surface area contributed by atoms with Crippen LogP contribution >= 0.6 is 11.8 Å². The Bertz CT molecular complexity index is 666. The van der Waals surface area contributed by atoms with Gasteiger partial charge in [-0.15, -0.1) is 11.8 Å². The molecule has 3 unspecified atom stereocenters. The van der Waals surface area contributed by atoms with E-state index in [0.717, 1.165) is 16.0 Å². The van der Waals surface area contributed by atoms with E-state index in [1.54, 1.807) is 12.1 Å². The van der Waals surface area contributed by atoms with E-state index in [1.807, 2.05) is 36.4 Å². The molecule has 3 rings (SSSR count). The van der Waals surface area contributed by atoms with Crippen molar-refractivity contribution < 1.29 is 10.2 Å². The lowest BCUT2D eigenvalue weighted by molar-refractivity contribution is 0.0916. The summed E-state index contributed by atoms with van der Waals surface area (Å²) in [6.45, 7) is 0. The van der Waals surface area contributed by atoms with Crippen LogP contribution in [0.2, 0.25) is 0 Å². The molecule has 1 heterocycles. The Labute approximate surface area is 121 Å². The lowest BCUT2D eigenvalue weighted by Crippen LogP contribution is -2.19. The minimum Gasteiger partial charge on any atom is -0.387 e. The van der Waals surface area contributed by atoms with Crippen LogP contribution in [0.3, 0.4) is 0 Å². The molecular weight excluding hydrogens is 270 g/mol. The van der Waals surface area contributed by atoms with Crippen LogP contribution in [0, 0.1) is 11.3 Å². The number of benzene rings is 2. The molecule has 0 fully saturated rings. The van der Waals surface area contributed by atoms with Crippen molar-refractivity contribution in [3.05, 3.63) is 65.2 Å². The summed E-state index contributed by atoms with van der Waals surface area (Å²) in [6, 6.07) is 16.7. The van der Waals surface area contributed by atoms with E-state index in [4.69, 9.17) is 5.26 Å². The molecule has 20 heavy (non-hydrogen) atoms. The molecule has 0 spiro atoms. The molecule has 2 aromatic carbocycles. The molecular formula is C16H13NO2S. The van der Waals surface area contributed by atoms with Gasteiger partial charge in [-0.05, 0) is 29.3 Å². The molecule has 100 valence electrons. The zero-order valence-corrected chi connectivity index (χ0v) is 11.4. The first-order valence-corrected chi connectivity index (χ1v) is 7.20. The molecule has 0 radical (unpaired) electrons. The third kappa shape index (κ3) is 2.20. The van der Waals surface area contributed by atoms with Crippen LogP contribution in [-0.4, -0.2) is 15.5 Å². The van der Waals surface area contributed by atoms with E-state index < -0.39 is 12.2 Å². The molecule has 0 saturated carbocycles. The summed E-state index contributed by atoms with van der Waals surface area (Å²) in [5.41, 5.74) is 2.05. The molecule has 2 aromatic rings. The van der Waals surface area contributed by atoms with Crippen LogP contribution in [0.4, 0.5) is 0 Å². The summed E-state index contributed by atoms with van der Waals surface area (Å²) in [5.74, 6) is 0. The molecule has 3 nitrogen and oxygen atoms in total. The van der Waals surface area contributed by atoms with Gasteiger partial charge in [-0.2, -0.15) is 5.26 Å². The second-order valence-electron chi connectivity index (χ2n) is 4.75. The van der Waals surface area contributed by atoms with Gasteiger partial charge in [0.1, 0.15) is 0 Å². The van der Waals surface area contributed by atoms with Gasteiger partial charge in [-0.25, -0.2) is 0 Å². The molecule has 2 N–H and O–H groups in total. The number of nitrogens with zero attached hydrogens (tertiary/aromatic N) is 1. The smallest absolute Gasteiger partial charge is 0.0991 e. The first-order chi connectivity index (χ1) is 9.70. The quantitative estimate of drug-likeness (QED) is 0.889. The fraction of sp³-hybridized carbons (Fsp3) is 0.188. The van der Waals surface area contributed by atoms with Crippen molar-refractivity contribution in [2.75, 3.05) is 0 Å². The molecule has 0 saturated heterocycles. The lowest BCUT2D eigenvalue weighted by Gasteiger charge is -2.21. The lowest BCUT2D eigenvalue weighted by atomic mass is 9.98. The fourth-order valence-electron chi connectivity index (χ4n) is 2.42. The number of hydrogen-bond donors (Lipinski definition) is 2. The van der Waals surface area contributed by atoms with Gasteiger partial charge in [-0.1, -0.05) is 30.3 Å². The van der Waals surface area contributed by atoms with Crippen LogP contribution in [0.1, 0.15) is 28.9 Å². The SMILES string of the molecule is N#Cc1ccc2c(c1)C(O)C(C(O)c1ccccc1)S2. The van der Waals surface area contributed by atoms with Crippen molar-refractivity contribution in [1.29, 1.82) is 5.26 Å². The predicted molar refractivity (Wildman–Crippen MR) is 77.2 cm³/mol. The number of hydrogen-bond acceptors (Lipinski definition) is 4. The van der Waals surface area contributed by atoms with E-state index in [-0.39, 0.29) is 5.25 Å². The number of fused-ring (bicyclic) bond motifs is 1. The van der Waals surface area contributed by atoms with Crippen LogP contribution in [0.25, 0.3) is 0 Å². The Kier molecular flexibility index (Phi) is 3.49. The zero-order chi connectivity index (χ0) is 14.1. The first-order valence-electron chi connectivity index (χ1n) is 6.32. The van der Waals surface area contributed by atoms with Crippen molar-refractivity contribution in [2.45, 2.75) is 22.4 Å². The molecule has 1 aliphatic rings. The molecule has 3 atom stereocenters. The van der Waals surface area contributed by atoms with Crippen LogP contribution < -0.4 is 0 Å². The van der Waals surface area contributed by atoms with Gasteiger partial charge in [0.25, 0.3) is 0 Å². The first kappa shape index (κ1) is 13.2. The highest BCUT2D eigenvalue weighted by Crippen LogP contribution is 2.49. The predicted octanol–water partition coefficient (Wildman–Crippen LogP) is 2.80. The van der Waals surface area contributed by atoms with Gasteiger partial charge < -0.3 is 10.2 Å². The van der Waals surface area contributed by atoms with Crippen LogP contribution in [0.5, 0.6) is 0 Å². The maximum atomic E-state index is 10.4. The van der Waals surface area contributed by atoms with E-state index in [2.05, 4.69) is 6.07 Å². The van der Waals surface area contributed by atoms with Crippen LogP contribution in [0.15, 0.2) is 53.4 Å². The van der Waals surface area contributed by atoms with E-state index in [9.17, 15) is 10.2 Å². The normalized spacial score (nSPS) is 22.1. The van der Waals surface area contributed by atoms with Crippen molar-refractivity contribution in [1.82, 2.24) is 0 Å². The molecule has 1 aliphatic heterocycles. The third-order valence-electron chi connectivity index (χ3n) is 3.48. The van der Waals surface area contributed by atoms with Crippen LogP contribution in [-0.2, 0) is 0 Å². The topological polar surface area (TPSA) is 64.2 Å². The Morgan fingerprint density at radius 2 is 1.90 bits per heavy atom. The molecule has 4 heteroatoms. The van der Waals surface area contributed by atoms with Crippen molar-refractivity contribution in [3.8, 4) is 6.07 Å². The number of nitriles is 1. The highest BCUT2D eigenvalue weighted by Gasteiger charge is 2.37. The molecule has 0 aromatic heterocycles. The summed E-state index contributed by atoms with van der Waals surface area (Å²) in [7, 11) is 0. The molecule has 0 aliphatic carbocycles. The maximum Gasteiger partial charge on any atom is 0.0991 e. The zero-order valence-electron chi connectivity index (χ0n) is 10.6. The van der Waals surface area contributed by atoms with Crippen molar-refractivity contribution in [2.24, 2.45) is 0 Å². The number of aliphatic hydroxyl groups is 2. The minimum atomic E-state index is -0.765. The minimum absolute atomic E-state index is 0.346. The average Bonchev–Trinajstić information content (AvgIpc) is 2.84. The average molecular weight is 283 g/mol.